The summed E-state index contributed by atoms with van der Waals surface area (Å²) in [5, 5.41) is 22.1. The van der Waals surface area contributed by atoms with Crippen molar-refractivity contribution in [3.63, 3.8) is 0 Å². The molecule has 0 amide bonds. The van der Waals surface area contributed by atoms with Gasteiger partial charge in [0.25, 0.3) is 0 Å². The van der Waals surface area contributed by atoms with Gasteiger partial charge in [0.1, 0.15) is 24.0 Å². The largest absolute Gasteiger partial charge is 0.490 e. The van der Waals surface area contributed by atoms with Gasteiger partial charge in [-0.25, -0.2) is 4.68 Å². The van der Waals surface area contributed by atoms with Crippen LogP contribution in [0.15, 0.2) is 16.6 Å². The number of piperazine rings is 1. The first-order valence-electron chi connectivity index (χ1n) is 8.96. The van der Waals surface area contributed by atoms with Gasteiger partial charge in [0.2, 0.25) is 0 Å². The van der Waals surface area contributed by atoms with Crippen LogP contribution >= 0.6 is 15.9 Å². The monoisotopic (exact) mass is 409 g/mol. The van der Waals surface area contributed by atoms with Gasteiger partial charge in [0.15, 0.2) is 0 Å². The molecule has 1 aromatic carbocycles. The molecule has 2 fully saturated rings. The number of rotatable bonds is 7. The van der Waals surface area contributed by atoms with E-state index in [0.29, 0.717) is 12.3 Å². The number of ether oxygens (including phenoxy) is 1. The third-order valence-electron chi connectivity index (χ3n) is 4.83. The van der Waals surface area contributed by atoms with E-state index in [2.05, 4.69) is 36.5 Å². The van der Waals surface area contributed by atoms with E-state index < -0.39 is 6.10 Å². The van der Waals surface area contributed by atoms with Gasteiger partial charge in [-0.15, -0.1) is 5.10 Å². The van der Waals surface area contributed by atoms with Crippen LogP contribution in [0.5, 0.6) is 5.75 Å². The Morgan fingerprint density at radius 1 is 1.32 bits per heavy atom. The number of aliphatic hydroxyl groups excluding tert-OH is 1. The summed E-state index contributed by atoms with van der Waals surface area (Å²) >= 11 is 3.58. The van der Waals surface area contributed by atoms with Crippen molar-refractivity contribution in [2.75, 3.05) is 39.3 Å². The van der Waals surface area contributed by atoms with Crippen molar-refractivity contribution < 1.29 is 9.84 Å². The molecule has 136 valence electrons. The maximum atomic E-state index is 10.2. The highest BCUT2D eigenvalue weighted by Crippen LogP contribution is 2.34. The summed E-state index contributed by atoms with van der Waals surface area (Å²) in [7, 11) is 0. The van der Waals surface area contributed by atoms with Crippen molar-refractivity contribution in [1.29, 1.82) is 0 Å². The van der Waals surface area contributed by atoms with Crippen LogP contribution in [0.25, 0.3) is 11.0 Å². The van der Waals surface area contributed by atoms with E-state index in [1.54, 1.807) is 0 Å². The number of β-amino-alcohol motifs (C(OH)–C–C–N with tert-alkyl or cyclic N) is 1. The zero-order chi connectivity index (χ0) is 17.2. The first-order valence-corrected chi connectivity index (χ1v) is 9.75. The predicted molar refractivity (Wildman–Crippen MR) is 98.8 cm³/mol. The number of fused-ring (bicyclic) bond motifs is 1. The summed E-state index contributed by atoms with van der Waals surface area (Å²) in [6.45, 7) is 5.74. The second-order valence-corrected chi connectivity index (χ2v) is 7.77. The lowest BCUT2D eigenvalue weighted by molar-refractivity contribution is 0.0639. The second kappa shape index (κ2) is 7.57. The molecule has 1 aromatic heterocycles. The quantitative estimate of drug-likeness (QED) is 0.716. The van der Waals surface area contributed by atoms with Gasteiger partial charge in [-0.1, -0.05) is 5.21 Å². The standard InChI is InChI=1S/C17H24BrN5O2/c18-16-15(25-11-13(24)10-22-7-5-19-6-8-22)4-3-14-17(16)20-21-23(14)9-12-1-2-12/h3-4,12-13,19,24H,1-2,5-11H2. The Kier molecular flexibility index (Phi) is 5.21. The van der Waals surface area contributed by atoms with Crippen LogP contribution in [0, 0.1) is 5.92 Å². The van der Waals surface area contributed by atoms with Gasteiger partial charge in [-0.3, -0.25) is 4.90 Å². The molecule has 8 heteroatoms. The first-order chi connectivity index (χ1) is 12.2. The number of benzene rings is 1. The zero-order valence-electron chi connectivity index (χ0n) is 14.2. The third kappa shape index (κ3) is 4.13. The lowest BCUT2D eigenvalue weighted by Crippen LogP contribution is -2.47. The van der Waals surface area contributed by atoms with E-state index in [9.17, 15) is 5.11 Å². The average Bonchev–Trinajstić information content (AvgIpc) is 3.34. The van der Waals surface area contributed by atoms with Crippen LogP contribution in [0.2, 0.25) is 0 Å². The van der Waals surface area contributed by atoms with Crippen LogP contribution in [0.3, 0.4) is 0 Å². The number of halogens is 1. The maximum absolute atomic E-state index is 10.2. The molecule has 1 atom stereocenters. The molecule has 1 unspecified atom stereocenters. The Balaban J connectivity index is 1.38. The predicted octanol–water partition coefficient (Wildman–Crippen LogP) is 1.25. The second-order valence-electron chi connectivity index (χ2n) is 6.98. The summed E-state index contributed by atoms with van der Waals surface area (Å²) in [6.07, 6.45) is 2.06. The fraction of sp³-hybridized carbons (Fsp3) is 0.647. The van der Waals surface area contributed by atoms with Crippen molar-refractivity contribution in [2.45, 2.75) is 25.5 Å². The normalized spacial score (nSPS) is 20.1. The highest BCUT2D eigenvalue weighted by molar-refractivity contribution is 9.10. The van der Waals surface area contributed by atoms with Crippen LogP contribution in [-0.4, -0.2) is 70.4 Å². The molecule has 2 N–H and O–H groups in total. The number of aromatic nitrogens is 3. The molecule has 1 saturated carbocycles. The number of nitrogens with zero attached hydrogens (tertiary/aromatic N) is 4. The summed E-state index contributed by atoms with van der Waals surface area (Å²) in [4.78, 5) is 2.26. The highest BCUT2D eigenvalue weighted by atomic mass is 79.9. The van der Waals surface area contributed by atoms with Crippen molar-refractivity contribution in [2.24, 2.45) is 5.92 Å². The van der Waals surface area contributed by atoms with E-state index in [1.165, 1.54) is 12.8 Å². The molecule has 0 bridgehead atoms. The lowest BCUT2D eigenvalue weighted by atomic mass is 10.2. The molecule has 0 radical (unpaired) electrons. The van der Waals surface area contributed by atoms with Gasteiger partial charge in [0.05, 0.1) is 9.99 Å². The molecule has 2 aliphatic rings. The number of hydrogen-bond donors (Lipinski definition) is 2. The number of aliphatic hydroxyl groups is 1. The average molecular weight is 410 g/mol. The highest BCUT2D eigenvalue weighted by Gasteiger charge is 2.24. The lowest BCUT2D eigenvalue weighted by Gasteiger charge is -2.29. The maximum Gasteiger partial charge on any atom is 0.136 e. The fourth-order valence-electron chi connectivity index (χ4n) is 3.21. The van der Waals surface area contributed by atoms with Gasteiger partial charge >= 0.3 is 0 Å². The SMILES string of the molecule is OC(COc1ccc2c(nnn2CC2CC2)c1Br)CN1CCNCC1. The van der Waals surface area contributed by atoms with Crippen molar-refractivity contribution >= 4 is 27.0 Å². The Morgan fingerprint density at radius 3 is 2.88 bits per heavy atom. The van der Waals surface area contributed by atoms with E-state index in [0.717, 1.165) is 54.1 Å². The molecule has 1 saturated heterocycles. The molecular weight excluding hydrogens is 386 g/mol. The zero-order valence-corrected chi connectivity index (χ0v) is 15.8. The fourth-order valence-corrected chi connectivity index (χ4v) is 3.74. The molecule has 7 nitrogen and oxygen atoms in total. The van der Waals surface area contributed by atoms with Crippen molar-refractivity contribution in [1.82, 2.24) is 25.2 Å². The van der Waals surface area contributed by atoms with Crippen LogP contribution in [0.4, 0.5) is 0 Å². The molecule has 4 rings (SSSR count). The third-order valence-corrected chi connectivity index (χ3v) is 5.59. The van der Waals surface area contributed by atoms with Gasteiger partial charge < -0.3 is 15.2 Å². The first kappa shape index (κ1) is 17.2. The summed E-state index contributed by atoms with van der Waals surface area (Å²) in [6, 6.07) is 3.93. The topological polar surface area (TPSA) is 75.4 Å². The molecular formula is C17H24BrN5O2. The van der Waals surface area contributed by atoms with Crippen molar-refractivity contribution in [3.8, 4) is 5.75 Å². The van der Waals surface area contributed by atoms with Gasteiger partial charge in [-0.2, -0.15) is 0 Å². The molecule has 25 heavy (non-hydrogen) atoms. The van der Waals surface area contributed by atoms with Crippen LogP contribution in [-0.2, 0) is 6.54 Å². The molecule has 0 spiro atoms. The summed E-state index contributed by atoms with van der Waals surface area (Å²) < 4.78 is 8.61. The van der Waals surface area contributed by atoms with E-state index >= 15 is 0 Å². The number of nitrogens with one attached hydrogen (secondary N) is 1. The van der Waals surface area contributed by atoms with Gasteiger partial charge in [0, 0.05) is 39.3 Å². The number of hydrogen-bond acceptors (Lipinski definition) is 6. The van der Waals surface area contributed by atoms with E-state index in [1.807, 2.05) is 16.8 Å². The molecule has 1 aliphatic carbocycles. The minimum Gasteiger partial charge on any atom is -0.490 e. The summed E-state index contributed by atoms with van der Waals surface area (Å²) in [5.74, 6) is 1.45. The van der Waals surface area contributed by atoms with E-state index in [-0.39, 0.29) is 6.61 Å². The molecule has 2 aromatic rings. The minimum atomic E-state index is -0.508. The molecule has 1 aliphatic heterocycles. The smallest absolute Gasteiger partial charge is 0.136 e. The Bertz CT molecular complexity index is 727. The summed E-state index contributed by atoms with van der Waals surface area (Å²) in [5.41, 5.74) is 1.84. The van der Waals surface area contributed by atoms with E-state index in [4.69, 9.17) is 4.74 Å². The minimum absolute atomic E-state index is 0.268. The Morgan fingerprint density at radius 2 is 2.12 bits per heavy atom. The van der Waals surface area contributed by atoms with Crippen molar-refractivity contribution in [3.05, 3.63) is 16.6 Å². The van der Waals surface area contributed by atoms with Gasteiger partial charge in [-0.05, 0) is 46.8 Å². The molecule has 2 heterocycles. The van der Waals surface area contributed by atoms with Crippen LogP contribution in [0.1, 0.15) is 12.8 Å². The Hall–Kier alpha value is -1.22. The Labute approximate surface area is 155 Å². The van der Waals surface area contributed by atoms with Crippen LogP contribution < -0.4 is 10.1 Å².